The van der Waals surface area contributed by atoms with Gasteiger partial charge in [-0.2, -0.15) is 13.2 Å². The highest BCUT2D eigenvalue weighted by Crippen LogP contribution is 2.30. The second-order valence-electron chi connectivity index (χ2n) is 5.52. The Labute approximate surface area is 136 Å². The zero-order chi connectivity index (χ0) is 16.4. The lowest BCUT2D eigenvalue weighted by Crippen LogP contribution is -2.12. The first kappa shape index (κ1) is 16.1. The molecule has 1 N–H and O–H groups in total. The fraction of sp³-hybridized carbons (Fsp3) is 0.375. The van der Waals surface area contributed by atoms with Crippen molar-refractivity contribution in [1.29, 1.82) is 0 Å². The van der Waals surface area contributed by atoms with Crippen LogP contribution in [-0.2, 0) is 25.6 Å². The largest absolute Gasteiger partial charge is 0.416 e. The van der Waals surface area contributed by atoms with Gasteiger partial charge < -0.3 is 5.32 Å². The third kappa shape index (κ3) is 3.75. The molecule has 3 nitrogen and oxygen atoms in total. The lowest BCUT2D eigenvalue weighted by atomic mass is 9.97. The number of hydrogen-bond donors (Lipinski definition) is 1. The Hall–Kier alpha value is -1.82. The molecule has 0 saturated carbocycles. The van der Waals surface area contributed by atoms with E-state index in [1.54, 1.807) is 6.07 Å². The lowest BCUT2D eigenvalue weighted by Gasteiger charge is -2.17. The third-order valence-electron chi connectivity index (χ3n) is 3.84. The molecular weight excluding hydrogens is 327 g/mol. The molecule has 122 valence electrons. The number of nitrogens with one attached hydrogen (secondary N) is 1. The van der Waals surface area contributed by atoms with Crippen molar-refractivity contribution >= 4 is 17.5 Å². The number of alkyl halides is 3. The molecule has 0 fully saturated rings. The molecule has 1 heterocycles. The number of benzene rings is 1. The topological polar surface area (TPSA) is 37.8 Å². The van der Waals surface area contributed by atoms with Crippen LogP contribution in [0.4, 0.5) is 19.1 Å². The minimum Gasteiger partial charge on any atom is -0.350 e. The van der Waals surface area contributed by atoms with Crippen molar-refractivity contribution in [3.63, 3.8) is 0 Å². The maximum absolute atomic E-state index is 12.7. The molecule has 3 rings (SSSR count). The molecule has 2 aromatic rings. The average Bonchev–Trinajstić information content (AvgIpc) is 2.52. The van der Waals surface area contributed by atoms with Gasteiger partial charge in [-0.3, -0.25) is 0 Å². The smallest absolute Gasteiger partial charge is 0.350 e. The number of nitrogens with zero attached hydrogens (tertiary/aromatic N) is 2. The van der Waals surface area contributed by atoms with Crippen LogP contribution in [-0.4, -0.2) is 9.97 Å². The monoisotopic (exact) mass is 341 g/mol. The van der Waals surface area contributed by atoms with Gasteiger partial charge >= 0.3 is 6.18 Å². The molecule has 0 bridgehead atoms. The van der Waals surface area contributed by atoms with E-state index in [2.05, 4.69) is 15.3 Å². The Bertz CT molecular complexity index is 716. The molecule has 1 aromatic carbocycles. The number of hydrogen-bond acceptors (Lipinski definition) is 3. The first-order chi connectivity index (χ1) is 10.9. The number of aromatic nitrogens is 2. The zero-order valence-corrected chi connectivity index (χ0v) is 13.0. The van der Waals surface area contributed by atoms with Crippen molar-refractivity contribution < 1.29 is 13.2 Å². The van der Waals surface area contributed by atoms with Crippen LogP contribution < -0.4 is 5.32 Å². The normalized spacial score (nSPS) is 14.4. The predicted molar refractivity (Wildman–Crippen MR) is 82.5 cm³/mol. The summed E-state index contributed by atoms with van der Waals surface area (Å²) in [6.45, 7) is 0.207. The van der Waals surface area contributed by atoms with Gasteiger partial charge in [0.2, 0.25) is 5.95 Å². The van der Waals surface area contributed by atoms with Gasteiger partial charge in [-0.25, -0.2) is 9.97 Å². The fourth-order valence-electron chi connectivity index (χ4n) is 2.67. The summed E-state index contributed by atoms with van der Waals surface area (Å²) in [4.78, 5) is 8.63. The molecule has 23 heavy (non-hydrogen) atoms. The van der Waals surface area contributed by atoms with Crippen molar-refractivity contribution in [3.8, 4) is 0 Å². The SMILES string of the molecule is FC(F)(F)c1cccc(CNc2nc(Cl)c3c(n2)CCCC3)c1. The lowest BCUT2D eigenvalue weighted by molar-refractivity contribution is -0.137. The molecule has 0 atom stereocenters. The van der Waals surface area contributed by atoms with E-state index in [0.717, 1.165) is 49.1 Å². The van der Waals surface area contributed by atoms with E-state index in [4.69, 9.17) is 11.6 Å². The maximum atomic E-state index is 12.7. The summed E-state index contributed by atoms with van der Waals surface area (Å²) in [7, 11) is 0. The van der Waals surface area contributed by atoms with E-state index >= 15 is 0 Å². The molecule has 7 heteroatoms. The summed E-state index contributed by atoms with van der Waals surface area (Å²) in [6, 6.07) is 5.19. The molecule has 0 aliphatic heterocycles. The second-order valence-corrected chi connectivity index (χ2v) is 5.88. The van der Waals surface area contributed by atoms with Crippen molar-refractivity contribution in [1.82, 2.24) is 9.97 Å². The zero-order valence-electron chi connectivity index (χ0n) is 12.3. The van der Waals surface area contributed by atoms with Crippen LogP contribution in [0.2, 0.25) is 5.15 Å². The van der Waals surface area contributed by atoms with E-state index in [9.17, 15) is 13.2 Å². The van der Waals surface area contributed by atoms with Crippen molar-refractivity contribution in [2.75, 3.05) is 5.32 Å². The number of anilines is 1. The molecule has 0 unspecified atom stereocenters. The Balaban J connectivity index is 1.75. The Kier molecular flexibility index (Phi) is 4.43. The summed E-state index contributed by atoms with van der Waals surface area (Å²) < 4.78 is 38.1. The predicted octanol–water partition coefficient (Wildman–Crippen LogP) is 4.64. The van der Waals surface area contributed by atoms with Crippen LogP contribution >= 0.6 is 11.6 Å². The van der Waals surface area contributed by atoms with E-state index in [-0.39, 0.29) is 6.54 Å². The van der Waals surface area contributed by atoms with Crippen molar-refractivity contribution in [3.05, 3.63) is 51.8 Å². The van der Waals surface area contributed by atoms with Gasteiger partial charge in [0.1, 0.15) is 5.15 Å². The van der Waals surface area contributed by atoms with Crippen LogP contribution in [0.1, 0.15) is 35.2 Å². The quantitative estimate of drug-likeness (QED) is 0.826. The van der Waals surface area contributed by atoms with Gasteiger partial charge in [0.15, 0.2) is 0 Å². The van der Waals surface area contributed by atoms with Gasteiger partial charge in [-0.1, -0.05) is 23.7 Å². The summed E-state index contributed by atoms with van der Waals surface area (Å²) >= 11 is 6.17. The summed E-state index contributed by atoms with van der Waals surface area (Å²) in [5.74, 6) is 0.355. The molecule has 0 radical (unpaired) electrons. The summed E-state index contributed by atoms with van der Waals surface area (Å²) in [6.07, 6.45) is -0.472. The Morgan fingerprint density at radius 2 is 1.91 bits per heavy atom. The van der Waals surface area contributed by atoms with Gasteiger partial charge in [0, 0.05) is 12.1 Å². The molecule has 0 spiro atoms. The molecule has 0 saturated heterocycles. The molecule has 1 aliphatic carbocycles. The van der Waals surface area contributed by atoms with Crippen LogP contribution in [0.25, 0.3) is 0 Å². The summed E-state index contributed by atoms with van der Waals surface area (Å²) in [5, 5.41) is 3.39. The molecule has 1 aromatic heterocycles. The molecular formula is C16H15ClF3N3. The Morgan fingerprint density at radius 3 is 2.70 bits per heavy atom. The van der Waals surface area contributed by atoms with Crippen LogP contribution in [0.3, 0.4) is 0 Å². The van der Waals surface area contributed by atoms with Crippen LogP contribution in [0, 0.1) is 0 Å². The van der Waals surface area contributed by atoms with E-state index in [1.165, 1.54) is 6.07 Å². The number of halogens is 4. The summed E-state index contributed by atoms with van der Waals surface area (Å²) in [5.41, 5.74) is 1.77. The highest BCUT2D eigenvalue weighted by molar-refractivity contribution is 6.30. The van der Waals surface area contributed by atoms with Crippen molar-refractivity contribution in [2.45, 2.75) is 38.4 Å². The maximum Gasteiger partial charge on any atom is 0.416 e. The first-order valence-corrected chi connectivity index (χ1v) is 7.76. The van der Waals surface area contributed by atoms with Crippen LogP contribution in [0.5, 0.6) is 0 Å². The van der Waals surface area contributed by atoms with Crippen molar-refractivity contribution in [2.24, 2.45) is 0 Å². The standard InChI is InChI=1S/C16H15ClF3N3/c17-14-12-6-1-2-7-13(12)22-15(23-14)21-9-10-4-3-5-11(8-10)16(18,19)20/h3-5,8H,1-2,6-7,9H2,(H,21,22,23). The van der Waals surface area contributed by atoms with E-state index < -0.39 is 11.7 Å². The van der Waals surface area contributed by atoms with Crippen LogP contribution in [0.15, 0.2) is 24.3 Å². The van der Waals surface area contributed by atoms with E-state index in [1.807, 2.05) is 0 Å². The first-order valence-electron chi connectivity index (χ1n) is 7.39. The fourth-order valence-corrected chi connectivity index (χ4v) is 2.95. The van der Waals surface area contributed by atoms with E-state index in [0.29, 0.717) is 16.7 Å². The number of aryl methyl sites for hydroxylation is 1. The minimum atomic E-state index is -4.35. The van der Waals surface area contributed by atoms with Gasteiger partial charge in [-0.05, 0) is 43.4 Å². The molecule has 1 aliphatic rings. The minimum absolute atomic E-state index is 0.207. The van der Waals surface area contributed by atoms with Gasteiger partial charge in [-0.15, -0.1) is 0 Å². The second kappa shape index (κ2) is 6.35. The third-order valence-corrected chi connectivity index (χ3v) is 4.15. The highest BCUT2D eigenvalue weighted by Gasteiger charge is 2.30. The molecule has 0 amide bonds. The Morgan fingerprint density at radius 1 is 1.13 bits per heavy atom. The number of rotatable bonds is 3. The highest BCUT2D eigenvalue weighted by atomic mass is 35.5. The average molecular weight is 342 g/mol. The van der Waals surface area contributed by atoms with Gasteiger partial charge in [0.05, 0.1) is 11.3 Å². The van der Waals surface area contributed by atoms with Gasteiger partial charge in [0.25, 0.3) is 0 Å². The number of fused-ring (bicyclic) bond motifs is 1.